The van der Waals surface area contributed by atoms with E-state index in [9.17, 15) is 4.79 Å². The van der Waals surface area contributed by atoms with E-state index in [0.29, 0.717) is 17.3 Å². The van der Waals surface area contributed by atoms with E-state index in [-0.39, 0.29) is 12.1 Å². The first kappa shape index (κ1) is 36.8. The van der Waals surface area contributed by atoms with Crippen molar-refractivity contribution in [2.24, 2.45) is 40.4 Å². The molecule has 4 aliphatic rings. The maximum atomic E-state index is 12.8. The van der Waals surface area contributed by atoms with E-state index in [0.717, 1.165) is 48.9 Å². The number of allylic oxidation sites excluding steroid dienone is 3. The molecule has 0 amide bonds. The lowest BCUT2D eigenvalue weighted by atomic mass is 9.47. The average Bonchev–Trinajstić information content (AvgIpc) is 3.37. The molecule has 3 fully saturated rings. The monoisotopic (exact) mass is 623 g/mol. The predicted molar refractivity (Wildman–Crippen MR) is 193 cm³/mol. The zero-order valence-electron chi connectivity index (χ0n) is 30.9. The maximum absolute atomic E-state index is 12.8. The molecule has 2 nitrogen and oxygen atoms in total. The highest BCUT2D eigenvalue weighted by Gasteiger charge is 2.59. The zero-order valence-corrected chi connectivity index (χ0v) is 30.9. The second kappa shape index (κ2) is 17.9. The number of hydrogen-bond acceptors (Lipinski definition) is 2. The fraction of sp³-hybridized carbons (Fsp3) is 0.884. The summed E-state index contributed by atoms with van der Waals surface area (Å²) >= 11 is 0. The van der Waals surface area contributed by atoms with Crippen molar-refractivity contribution in [3.05, 3.63) is 23.3 Å². The van der Waals surface area contributed by atoms with E-state index in [2.05, 4.69) is 53.7 Å². The van der Waals surface area contributed by atoms with Gasteiger partial charge in [0, 0.05) is 12.8 Å². The van der Waals surface area contributed by atoms with Crippen LogP contribution in [0.5, 0.6) is 0 Å². The first-order valence-electron chi connectivity index (χ1n) is 20.2. The molecule has 8 atom stereocenters. The van der Waals surface area contributed by atoms with Gasteiger partial charge in [-0.2, -0.15) is 0 Å². The van der Waals surface area contributed by atoms with E-state index in [1.165, 1.54) is 134 Å². The number of carbonyl (C=O) groups excluding carboxylic acids is 1. The molecular formula is C43H74O2. The SMILES string of the molecule is CCCCCCCCCCCCCCCC(=O)O[C@H]1CC[C@@]2(C)C(=CC[C@H]3[C@@H]4CC[C@H]([C@H](C)CCC=C(C)C)[C@@]4(C)CC[C@@H]32)C1. The fourth-order valence-corrected chi connectivity index (χ4v) is 11.1. The highest BCUT2D eigenvalue weighted by Crippen LogP contribution is 2.67. The van der Waals surface area contributed by atoms with Crippen LogP contribution in [0.1, 0.15) is 196 Å². The van der Waals surface area contributed by atoms with E-state index >= 15 is 0 Å². The number of carbonyl (C=O) groups is 1. The van der Waals surface area contributed by atoms with Crippen molar-refractivity contribution in [2.75, 3.05) is 0 Å². The Morgan fingerprint density at radius 2 is 1.51 bits per heavy atom. The first-order chi connectivity index (χ1) is 21.7. The maximum Gasteiger partial charge on any atom is 0.306 e. The van der Waals surface area contributed by atoms with Gasteiger partial charge in [0.1, 0.15) is 6.10 Å². The minimum Gasteiger partial charge on any atom is -0.462 e. The Kier molecular flexibility index (Phi) is 14.6. The molecule has 0 N–H and O–H groups in total. The van der Waals surface area contributed by atoms with Gasteiger partial charge >= 0.3 is 5.97 Å². The van der Waals surface area contributed by atoms with Crippen LogP contribution >= 0.6 is 0 Å². The van der Waals surface area contributed by atoms with Crippen LogP contribution in [0.4, 0.5) is 0 Å². The lowest BCUT2D eigenvalue weighted by Gasteiger charge is -2.58. The van der Waals surface area contributed by atoms with Crippen molar-refractivity contribution in [2.45, 2.75) is 202 Å². The largest absolute Gasteiger partial charge is 0.462 e. The molecule has 0 unspecified atom stereocenters. The van der Waals surface area contributed by atoms with Gasteiger partial charge in [-0.1, -0.05) is 128 Å². The van der Waals surface area contributed by atoms with Crippen LogP contribution in [0.2, 0.25) is 0 Å². The Hall–Kier alpha value is -1.05. The summed E-state index contributed by atoms with van der Waals surface area (Å²) < 4.78 is 6.12. The van der Waals surface area contributed by atoms with Crippen molar-refractivity contribution in [1.82, 2.24) is 0 Å². The first-order valence-corrected chi connectivity index (χ1v) is 20.2. The van der Waals surface area contributed by atoms with Gasteiger partial charge in [0.05, 0.1) is 0 Å². The number of fused-ring (bicyclic) bond motifs is 5. The molecule has 45 heavy (non-hydrogen) atoms. The summed E-state index contributed by atoms with van der Waals surface area (Å²) in [5.74, 6) is 4.39. The quantitative estimate of drug-likeness (QED) is 0.0814. The standard InChI is InChI=1S/C43H74O2/c1-7-8-9-10-11-12-13-14-15-16-17-18-19-23-41(44)45-36-28-30-42(5)35(32-36)24-25-37-39-27-26-38(34(4)22-20-21-33(2)3)43(39,6)31-29-40(37)42/h21,24,34,36-40H,7-20,22-23,25-32H2,1-6H3/t34-,36+,37+,38-,39+,40+,42+,43-/m1/s1. The van der Waals surface area contributed by atoms with Gasteiger partial charge in [-0.15, -0.1) is 0 Å². The predicted octanol–water partition coefficient (Wildman–Crippen LogP) is 13.3. The summed E-state index contributed by atoms with van der Waals surface area (Å²) in [5, 5.41) is 0. The molecule has 0 bridgehead atoms. The van der Waals surface area contributed by atoms with Crippen molar-refractivity contribution < 1.29 is 9.53 Å². The Bertz CT molecular complexity index is 957. The van der Waals surface area contributed by atoms with E-state index in [1.54, 1.807) is 5.57 Å². The average molecular weight is 623 g/mol. The Labute approximate surface area is 280 Å². The minimum absolute atomic E-state index is 0.0603. The van der Waals surface area contributed by atoms with Crippen LogP contribution in [0.15, 0.2) is 23.3 Å². The van der Waals surface area contributed by atoms with Crippen LogP contribution in [-0.4, -0.2) is 12.1 Å². The summed E-state index contributed by atoms with van der Waals surface area (Å²) in [4.78, 5) is 12.8. The van der Waals surface area contributed by atoms with Gasteiger partial charge < -0.3 is 4.74 Å². The molecule has 258 valence electrons. The number of ether oxygens (including phenoxy) is 1. The third-order valence-electron chi connectivity index (χ3n) is 13.8. The molecule has 4 aliphatic carbocycles. The molecule has 0 aromatic carbocycles. The van der Waals surface area contributed by atoms with Crippen molar-refractivity contribution in [3.8, 4) is 0 Å². The minimum atomic E-state index is 0.0603. The highest BCUT2D eigenvalue weighted by molar-refractivity contribution is 5.69. The van der Waals surface area contributed by atoms with Gasteiger partial charge in [-0.05, 0) is 118 Å². The van der Waals surface area contributed by atoms with Crippen LogP contribution in [0.25, 0.3) is 0 Å². The number of hydrogen-bond donors (Lipinski definition) is 0. The smallest absolute Gasteiger partial charge is 0.306 e. The zero-order chi connectivity index (χ0) is 32.3. The van der Waals surface area contributed by atoms with Crippen LogP contribution < -0.4 is 0 Å². The summed E-state index contributed by atoms with van der Waals surface area (Å²) in [6, 6.07) is 0. The van der Waals surface area contributed by atoms with Crippen LogP contribution in [-0.2, 0) is 9.53 Å². The van der Waals surface area contributed by atoms with Crippen molar-refractivity contribution >= 4 is 5.97 Å². The molecule has 0 spiro atoms. The van der Waals surface area contributed by atoms with Crippen molar-refractivity contribution in [3.63, 3.8) is 0 Å². The fourth-order valence-electron chi connectivity index (χ4n) is 11.1. The van der Waals surface area contributed by atoms with Gasteiger partial charge in [0.25, 0.3) is 0 Å². The second-order valence-corrected chi connectivity index (χ2v) is 17.2. The van der Waals surface area contributed by atoms with E-state index in [1.807, 2.05) is 0 Å². The van der Waals surface area contributed by atoms with E-state index in [4.69, 9.17) is 4.74 Å². The number of unbranched alkanes of at least 4 members (excludes halogenated alkanes) is 12. The third-order valence-corrected chi connectivity index (χ3v) is 13.8. The topological polar surface area (TPSA) is 26.3 Å². The number of esters is 1. The van der Waals surface area contributed by atoms with Gasteiger partial charge in [0.15, 0.2) is 0 Å². The van der Waals surface area contributed by atoms with Crippen LogP contribution in [0, 0.1) is 40.4 Å². The molecule has 0 heterocycles. The Morgan fingerprint density at radius 1 is 0.867 bits per heavy atom. The van der Waals surface area contributed by atoms with Crippen molar-refractivity contribution in [1.29, 1.82) is 0 Å². The molecule has 0 aromatic rings. The summed E-state index contributed by atoms with van der Waals surface area (Å²) in [6.07, 6.45) is 36.1. The molecule has 4 rings (SSSR count). The summed E-state index contributed by atoms with van der Waals surface area (Å²) in [6.45, 7) is 14.6. The molecular weight excluding hydrogens is 548 g/mol. The summed E-state index contributed by atoms with van der Waals surface area (Å²) in [5.41, 5.74) is 3.97. The second-order valence-electron chi connectivity index (χ2n) is 17.2. The molecule has 3 saturated carbocycles. The number of rotatable bonds is 19. The van der Waals surface area contributed by atoms with Gasteiger partial charge in [0.2, 0.25) is 0 Å². The molecule has 0 radical (unpaired) electrons. The molecule has 0 saturated heterocycles. The Morgan fingerprint density at radius 3 is 2.16 bits per heavy atom. The lowest BCUT2D eigenvalue weighted by Crippen LogP contribution is -2.51. The van der Waals surface area contributed by atoms with Gasteiger partial charge in [-0.25, -0.2) is 0 Å². The molecule has 0 aliphatic heterocycles. The molecule has 2 heteroatoms. The van der Waals surface area contributed by atoms with E-state index < -0.39 is 0 Å². The van der Waals surface area contributed by atoms with Gasteiger partial charge in [-0.3, -0.25) is 4.79 Å². The molecule has 0 aromatic heterocycles. The normalized spacial score (nSPS) is 33.0. The highest BCUT2D eigenvalue weighted by atomic mass is 16.5. The Balaban J connectivity index is 1.15. The lowest BCUT2D eigenvalue weighted by molar-refractivity contribution is -0.151. The van der Waals surface area contributed by atoms with Crippen LogP contribution in [0.3, 0.4) is 0 Å². The third kappa shape index (κ3) is 9.75. The summed E-state index contributed by atoms with van der Waals surface area (Å²) in [7, 11) is 0.